The molecule has 0 heterocycles. The zero-order valence-corrected chi connectivity index (χ0v) is 20.2. The van der Waals surface area contributed by atoms with Crippen molar-refractivity contribution in [2.75, 3.05) is 13.7 Å². The third-order valence-electron chi connectivity index (χ3n) is 5.73. The van der Waals surface area contributed by atoms with Crippen molar-refractivity contribution in [3.05, 3.63) is 102 Å². The Hall–Kier alpha value is -3.60. The van der Waals surface area contributed by atoms with E-state index in [2.05, 4.69) is 19.2 Å². The fourth-order valence-electron chi connectivity index (χ4n) is 3.81. The Balaban J connectivity index is 1.95. The molecule has 0 aromatic heterocycles. The minimum atomic E-state index is -0.730. The summed E-state index contributed by atoms with van der Waals surface area (Å²) in [5.74, 6) is 0.958. The topological polar surface area (TPSA) is 58.6 Å². The average Bonchev–Trinajstić information content (AvgIpc) is 2.85. The zero-order chi connectivity index (χ0) is 24.3. The van der Waals surface area contributed by atoms with Gasteiger partial charge in [0.15, 0.2) is 0 Å². The van der Waals surface area contributed by atoms with Gasteiger partial charge in [0.05, 0.1) is 13.5 Å². The summed E-state index contributed by atoms with van der Waals surface area (Å²) in [5.41, 5.74) is 2.64. The van der Waals surface area contributed by atoms with Crippen LogP contribution in [0.25, 0.3) is 0 Å². The Bertz CT molecular complexity index is 1030. The van der Waals surface area contributed by atoms with Crippen molar-refractivity contribution in [2.45, 2.75) is 39.3 Å². The molecule has 0 aliphatic carbocycles. The van der Waals surface area contributed by atoms with E-state index < -0.39 is 6.04 Å². The Morgan fingerprint density at radius 1 is 0.853 bits per heavy atom. The Morgan fingerprint density at radius 3 is 2.06 bits per heavy atom. The second-order valence-corrected chi connectivity index (χ2v) is 8.82. The minimum absolute atomic E-state index is 0.102. The fraction of sp³-hybridized carbons (Fsp3) is 0.310. The van der Waals surface area contributed by atoms with Crippen molar-refractivity contribution in [1.29, 1.82) is 0 Å². The van der Waals surface area contributed by atoms with Gasteiger partial charge in [0.25, 0.3) is 0 Å². The molecule has 3 aromatic carbocycles. The molecule has 1 N–H and O–H groups in total. The molecule has 0 saturated heterocycles. The maximum Gasteiger partial charge on any atom is 0.247 e. The summed E-state index contributed by atoms with van der Waals surface area (Å²) in [6.07, 6.45) is 1.10. The second-order valence-electron chi connectivity index (χ2n) is 8.82. The highest BCUT2D eigenvalue weighted by atomic mass is 16.5. The lowest BCUT2D eigenvalue weighted by Crippen LogP contribution is -2.44. The van der Waals surface area contributed by atoms with Crippen LogP contribution >= 0.6 is 0 Å². The Kier molecular flexibility index (Phi) is 9.27. The molecular weight excluding hydrogens is 424 g/mol. The number of hydrogen-bond donors (Lipinski definition) is 1. The molecule has 0 bridgehead atoms. The highest BCUT2D eigenvalue weighted by Crippen LogP contribution is 2.25. The molecule has 2 amide bonds. The first-order chi connectivity index (χ1) is 16.5. The van der Waals surface area contributed by atoms with E-state index in [1.165, 1.54) is 0 Å². The maximum atomic E-state index is 13.7. The Morgan fingerprint density at radius 2 is 1.47 bits per heavy atom. The molecule has 178 valence electrons. The molecular formula is C29H34N2O3. The van der Waals surface area contributed by atoms with Crippen LogP contribution in [0.4, 0.5) is 0 Å². The van der Waals surface area contributed by atoms with Gasteiger partial charge in [0, 0.05) is 13.1 Å². The summed E-state index contributed by atoms with van der Waals surface area (Å²) in [6, 6.07) is 26.0. The summed E-state index contributed by atoms with van der Waals surface area (Å²) in [7, 11) is 1.62. The molecule has 0 aliphatic heterocycles. The van der Waals surface area contributed by atoms with Crippen LogP contribution in [0.1, 0.15) is 43.0 Å². The van der Waals surface area contributed by atoms with Crippen molar-refractivity contribution in [2.24, 2.45) is 5.92 Å². The molecule has 3 aromatic rings. The van der Waals surface area contributed by atoms with Crippen LogP contribution in [0.2, 0.25) is 0 Å². The lowest BCUT2D eigenvalue weighted by atomic mass is 10.0. The molecule has 3 rings (SSSR count). The van der Waals surface area contributed by atoms with E-state index in [9.17, 15) is 9.59 Å². The van der Waals surface area contributed by atoms with Crippen molar-refractivity contribution < 1.29 is 14.3 Å². The number of hydrogen-bond acceptors (Lipinski definition) is 3. The number of rotatable bonds is 11. The highest BCUT2D eigenvalue weighted by Gasteiger charge is 2.31. The quantitative estimate of drug-likeness (QED) is 0.431. The van der Waals surface area contributed by atoms with Crippen molar-refractivity contribution >= 4 is 11.8 Å². The summed E-state index contributed by atoms with van der Waals surface area (Å²) in [5, 5.41) is 3.06. The monoisotopic (exact) mass is 458 g/mol. The zero-order valence-electron chi connectivity index (χ0n) is 20.2. The molecule has 5 heteroatoms. The highest BCUT2D eigenvalue weighted by molar-refractivity contribution is 5.89. The van der Waals surface area contributed by atoms with Gasteiger partial charge in [-0.15, -0.1) is 0 Å². The molecule has 0 aliphatic rings. The Labute approximate surface area is 202 Å². The van der Waals surface area contributed by atoms with E-state index in [4.69, 9.17) is 4.74 Å². The largest absolute Gasteiger partial charge is 0.497 e. The fourth-order valence-corrected chi connectivity index (χ4v) is 3.81. The molecule has 0 saturated carbocycles. The standard InChI is InChI=1S/C29H34N2O3/c1-22(2)18-19-30-29(33)28(25-12-8-5-9-13-25)31(21-24-14-16-26(34-3)17-15-24)27(32)20-23-10-6-4-7-11-23/h4-17,22,28H,18-21H2,1-3H3,(H,30,33)/t28-/m1/s1. The van der Waals surface area contributed by atoms with Crippen LogP contribution in [0.3, 0.4) is 0 Å². The number of benzene rings is 3. The van der Waals surface area contributed by atoms with Gasteiger partial charge < -0.3 is 15.0 Å². The first kappa shape index (κ1) is 25.0. The van der Waals surface area contributed by atoms with E-state index in [1.54, 1.807) is 12.0 Å². The molecule has 0 fully saturated rings. The number of amides is 2. The van der Waals surface area contributed by atoms with E-state index in [1.807, 2.05) is 84.9 Å². The average molecular weight is 459 g/mol. The lowest BCUT2D eigenvalue weighted by molar-refractivity contribution is -0.141. The number of carbonyl (C=O) groups excluding carboxylic acids is 2. The molecule has 0 unspecified atom stereocenters. The van der Waals surface area contributed by atoms with Gasteiger partial charge in [-0.3, -0.25) is 9.59 Å². The summed E-state index contributed by atoms with van der Waals surface area (Å²) < 4.78 is 5.27. The van der Waals surface area contributed by atoms with Crippen LogP contribution in [0.15, 0.2) is 84.9 Å². The normalized spacial score (nSPS) is 11.6. The van der Waals surface area contributed by atoms with Gasteiger partial charge >= 0.3 is 0 Å². The predicted octanol–water partition coefficient (Wildman–Crippen LogP) is 5.17. The number of ether oxygens (including phenoxy) is 1. The third kappa shape index (κ3) is 7.20. The van der Waals surface area contributed by atoms with Gasteiger partial charge in [-0.2, -0.15) is 0 Å². The molecule has 0 radical (unpaired) electrons. The summed E-state index contributed by atoms with van der Waals surface area (Å²) >= 11 is 0. The van der Waals surface area contributed by atoms with Gasteiger partial charge in [0.2, 0.25) is 11.8 Å². The second kappa shape index (κ2) is 12.6. The van der Waals surface area contributed by atoms with Gasteiger partial charge in [-0.05, 0) is 41.2 Å². The van der Waals surface area contributed by atoms with Crippen LogP contribution in [0, 0.1) is 5.92 Å². The SMILES string of the molecule is COc1ccc(CN(C(=O)Cc2ccccc2)[C@@H](C(=O)NCCC(C)C)c2ccccc2)cc1. The predicted molar refractivity (Wildman–Crippen MR) is 135 cm³/mol. The first-order valence-electron chi connectivity index (χ1n) is 11.8. The molecule has 1 atom stereocenters. The van der Waals surface area contributed by atoms with E-state index in [0.29, 0.717) is 19.0 Å². The van der Waals surface area contributed by atoms with E-state index in [0.717, 1.165) is 28.9 Å². The molecule has 5 nitrogen and oxygen atoms in total. The number of methoxy groups -OCH3 is 1. The maximum absolute atomic E-state index is 13.7. The molecule has 0 spiro atoms. The van der Waals surface area contributed by atoms with Crippen molar-refractivity contribution in [3.8, 4) is 5.75 Å². The number of carbonyl (C=O) groups is 2. The smallest absolute Gasteiger partial charge is 0.247 e. The lowest BCUT2D eigenvalue weighted by Gasteiger charge is -2.32. The van der Waals surface area contributed by atoms with Crippen LogP contribution in [0.5, 0.6) is 5.75 Å². The minimum Gasteiger partial charge on any atom is -0.497 e. The van der Waals surface area contributed by atoms with Gasteiger partial charge in [0.1, 0.15) is 11.8 Å². The van der Waals surface area contributed by atoms with Crippen molar-refractivity contribution in [1.82, 2.24) is 10.2 Å². The third-order valence-corrected chi connectivity index (χ3v) is 5.73. The first-order valence-corrected chi connectivity index (χ1v) is 11.8. The summed E-state index contributed by atoms with van der Waals surface area (Å²) in [4.78, 5) is 28.8. The van der Waals surface area contributed by atoms with Gasteiger partial charge in [-0.1, -0.05) is 86.6 Å². The van der Waals surface area contributed by atoms with E-state index in [-0.39, 0.29) is 18.2 Å². The van der Waals surface area contributed by atoms with Crippen molar-refractivity contribution in [3.63, 3.8) is 0 Å². The van der Waals surface area contributed by atoms with Crippen LogP contribution < -0.4 is 10.1 Å². The van der Waals surface area contributed by atoms with E-state index >= 15 is 0 Å². The van der Waals surface area contributed by atoms with Crippen LogP contribution in [-0.4, -0.2) is 30.4 Å². The van der Waals surface area contributed by atoms with Gasteiger partial charge in [-0.25, -0.2) is 0 Å². The number of nitrogens with one attached hydrogen (secondary N) is 1. The number of nitrogens with zero attached hydrogens (tertiary/aromatic N) is 1. The summed E-state index contributed by atoms with van der Waals surface area (Å²) in [6.45, 7) is 5.14. The molecule has 34 heavy (non-hydrogen) atoms. The van der Waals surface area contributed by atoms with Crippen LogP contribution in [-0.2, 0) is 22.6 Å².